The lowest BCUT2D eigenvalue weighted by atomic mass is 9.87. The molecule has 0 radical (unpaired) electrons. The van der Waals surface area contributed by atoms with Crippen LogP contribution in [-0.4, -0.2) is 56.5 Å². The first-order valence-electron chi connectivity index (χ1n) is 4.34. The Kier molecular flexibility index (Phi) is 3.32. The highest BCUT2D eigenvalue weighted by Crippen LogP contribution is 2.33. The van der Waals surface area contributed by atoms with Gasteiger partial charge in [0.05, 0.1) is 0 Å². The topological polar surface area (TPSA) is 158 Å². The van der Waals surface area contributed by atoms with Gasteiger partial charge in [0.25, 0.3) is 0 Å². The average molecular weight is 248 g/mol. The summed E-state index contributed by atoms with van der Waals surface area (Å²) in [7, 11) is 0. The predicted octanol–water partition coefficient (Wildman–Crippen LogP) is -1.68. The Morgan fingerprint density at radius 2 is 0.941 bits per heavy atom. The first-order chi connectivity index (χ1) is 7.77. The molecular weight excluding hydrogens is 240 g/mol. The number of rotatable bonds is 4. The third-order valence-electron chi connectivity index (χ3n) is 2.39. The van der Waals surface area contributed by atoms with Crippen molar-refractivity contribution in [1.29, 1.82) is 0 Å². The third kappa shape index (κ3) is 2.18. The van der Waals surface area contributed by atoms with Crippen LogP contribution < -0.4 is 0 Å². The summed E-state index contributed by atoms with van der Waals surface area (Å²) in [6, 6.07) is 0. The van der Waals surface area contributed by atoms with Crippen LogP contribution in [0.5, 0.6) is 0 Å². The lowest BCUT2D eigenvalue weighted by Crippen LogP contribution is -2.39. The van der Waals surface area contributed by atoms with Crippen LogP contribution in [-0.2, 0) is 23.9 Å². The van der Waals surface area contributed by atoms with E-state index in [1.165, 1.54) is 0 Å². The summed E-state index contributed by atoms with van der Waals surface area (Å²) >= 11 is 0. The van der Waals surface area contributed by atoms with E-state index >= 15 is 0 Å². The molecule has 0 aromatic heterocycles. The molecular formula is C8H8O9. The molecule has 0 spiro atoms. The second-order valence-electron chi connectivity index (χ2n) is 3.38. The van der Waals surface area contributed by atoms with Crippen LogP contribution >= 0.6 is 0 Å². The Morgan fingerprint density at radius 1 is 0.647 bits per heavy atom. The van der Waals surface area contributed by atoms with Gasteiger partial charge in [-0.3, -0.25) is 9.59 Å². The number of aliphatic carboxylic acids is 4. The number of hydrogen-bond donors (Lipinski definition) is 4. The van der Waals surface area contributed by atoms with Gasteiger partial charge in [0.2, 0.25) is 0 Å². The van der Waals surface area contributed by atoms with Crippen molar-refractivity contribution < 1.29 is 44.3 Å². The predicted molar refractivity (Wildman–Crippen MR) is 46.2 cm³/mol. The zero-order valence-electron chi connectivity index (χ0n) is 8.14. The summed E-state index contributed by atoms with van der Waals surface area (Å²) < 4.78 is 4.47. The highest BCUT2D eigenvalue weighted by molar-refractivity contribution is 5.92. The Labute approximate surface area is 93.2 Å². The molecule has 1 fully saturated rings. The van der Waals surface area contributed by atoms with Crippen LogP contribution in [0.1, 0.15) is 0 Å². The minimum Gasteiger partial charge on any atom is -0.481 e. The third-order valence-corrected chi connectivity index (χ3v) is 2.39. The second-order valence-corrected chi connectivity index (χ2v) is 3.38. The number of carboxylic acids is 4. The maximum Gasteiger partial charge on any atom is 0.333 e. The van der Waals surface area contributed by atoms with Crippen molar-refractivity contribution in [3.63, 3.8) is 0 Å². The molecule has 1 rings (SSSR count). The molecule has 0 aromatic carbocycles. The van der Waals surface area contributed by atoms with Gasteiger partial charge < -0.3 is 25.2 Å². The van der Waals surface area contributed by atoms with E-state index in [1.807, 2.05) is 0 Å². The zero-order valence-corrected chi connectivity index (χ0v) is 8.14. The van der Waals surface area contributed by atoms with Gasteiger partial charge in [0.15, 0.2) is 12.2 Å². The first kappa shape index (κ1) is 12.9. The van der Waals surface area contributed by atoms with Crippen LogP contribution in [0, 0.1) is 11.8 Å². The van der Waals surface area contributed by atoms with Gasteiger partial charge in [-0.15, -0.1) is 0 Å². The summed E-state index contributed by atoms with van der Waals surface area (Å²) in [6.45, 7) is 0. The van der Waals surface area contributed by atoms with Crippen molar-refractivity contribution in [2.24, 2.45) is 11.8 Å². The fourth-order valence-electron chi connectivity index (χ4n) is 1.69. The molecule has 0 aromatic rings. The van der Waals surface area contributed by atoms with Crippen molar-refractivity contribution in [3.8, 4) is 0 Å². The minimum absolute atomic E-state index is 1.72. The van der Waals surface area contributed by atoms with Gasteiger partial charge >= 0.3 is 23.9 Å². The number of hydrogen-bond acceptors (Lipinski definition) is 5. The van der Waals surface area contributed by atoms with Crippen LogP contribution in [0.15, 0.2) is 0 Å². The standard InChI is InChI=1S/C8H8O9/c9-5(10)1-2(6(11)12)4(8(15)16)17-3(1)7(13)14/h1-4H,(H,9,10)(H,11,12)(H,13,14)(H,15,16)/t1-,2-,3-,4+/m1/s1. The Morgan fingerprint density at radius 3 is 1.12 bits per heavy atom. The van der Waals surface area contributed by atoms with E-state index in [2.05, 4.69) is 4.74 Å². The van der Waals surface area contributed by atoms with Gasteiger partial charge in [-0.05, 0) is 0 Å². The molecule has 0 bridgehead atoms. The van der Waals surface area contributed by atoms with E-state index < -0.39 is 47.9 Å². The van der Waals surface area contributed by atoms with Crippen molar-refractivity contribution in [1.82, 2.24) is 0 Å². The quantitative estimate of drug-likeness (QED) is 0.455. The lowest BCUT2D eigenvalue weighted by molar-refractivity contribution is -0.163. The molecule has 17 heavy (non-hydrogen) atoms. The molecule has 4 atom stereocenters. The highest BCUT2D eigenvalue weighted by Gasteiger charge is 2.57. The molecule has 1 aliphatic rings. The number of carboxylic acid groups (broad SMARTS) is 4. The monoisotopic (exact) mass is 248 g/mol. The SMILES string of the molecule is O=C(O)[C@@H]1[C@@H](C(=O)O)[C@H](C(=O)O)O[C@@H]1C(=O)O. The summed E-state index contributed by atoms with van der Waals surface area (Å²) in [5, 5.41) is 34.8. The van der Waals surface area contributed by atoms with Crippen LogP contribution in [0.2, 0.25) is 0 Å². The molecule has 4 N–H and O–H groups in total. The highest BCUT2D eigenvalue weighted by atomic mass is 16.6. The summed E-state index contributed by atoms with van der Waals surface area (Å²) in [5.74, 6) is -10.8. The van der Waals surface area contributed by atoms with Crippen LogP contribution in [0.4, 0.5) is 0 Å². The van der Waals surface area contributed by atoms with E-state index in [-0.39, 0.29) is 0 Å². The van der Waals surface area contributed by atoms with Crippen LogP contribution in [0.3, 0.4) is 0 Å². The maximum absolute atomic E-state index is 10.8. The Bertz CT molecular complexity index is 350. The molecule has 1 aliphatic heterocycles. The van der Waals surface area contributed by atoms with Gasteiger partial charge in [-0.1, -0.05) is 0 Å². The summed E-state index contributed by atoms with van der Waals surface area (Å²) in [4.78, 5) is 43.0. The zero-order chi connectivity index (χ0) is 13.3. The molecule has 9 nitrogen and oxygen atoms in total. The molecule has 94 valence electrons. The minimum atomic E-state index is -1.99. The molecule has 1 saturated heterocycles. The Hall–Kier alpha value is -2.16. The molecule has 9 heteroatoms. The van der Waals surface area contributed by atoms with Gasteiger partial charge in [0, 0.05) is 0 Å². The molecule has 0 amide bonds. The number of ether oxygens (including phenoxy) is 1. The van der Waals surface area contributed by atoms with Gasteiger partial charge in [0.1, 0.15) is 11.8 Å². The molecule has 0 aliphatic carbocycles. The van der Waals surface area contributed by atoms with Crippen molar-refractivity contribution in [2.75, 3.05) is 0 Å². The number of carbonyl (C=O) groups is 4. The van der Waals surface area contributed by atoms with E-state index in [0.717, 1.165) is 0 Å². The molecule has 1 heterocycles. The van der Waals surface area contributed by atoms with Crippen molar-refractivity contribution in [2.45, 2.75) is 12.2 Å². The molecule has 0 unspecified atom stereocenters. The van der Waals surface area contributed by atoms with E-state index in [9.17, 15) is 19.2 Å². The fourth-order valence-corrected chi connectivity index (χ4v) is 1.69. The second kappa shape index (κ2) is 4.37. The van der Waals surface area contributed by atoms with Gasteiger partial charge in [-0.2, -0.15) is 0 Å². The van der Waals surface area contributed by atoms with E-state index in [1.54, 1.807) is 0 Å². The normalized spacial score (nSPS) is 32.0. The average Bonchev–Trinajstić information content (AvgIpc) is 2.56. The van der Waals surface area contributed by atoms with Crippen molar-refractivity contribution in [3.05, 3.63) is 0 Å². The Balaban J connectivity index is 3.17. The maximum atomic E-state index is 10.8. The van der Waals surface area contributed by atoms with Gasteiger partial charge in [-0.25, -0.2) is 9.59 Å². The first-order valence-corrected chi connectivity index (χ1v) is 4.34. The summed E-state index contributed by atoms with van der Waals surface area (Å²) in [6.07, 6.45) is -3.98. The smallest absolute Gasteiger partial charge is 0.333 e. The fraction of sp³-hybridized carbons (Fsp3) is 0.500. The molecule has 0 saturated carbocycles. The van der Waals surface area contributed by atoms with E-state index in [4.69, 9.17) is 20.4 Å². The van der Waals surface area contributed by atoms with Crippen LogP contribution in [0.25, 0.3) is 0 Å². The lowest BCUT2D eigenvalue weighted by Gasteiger charge is -2.13. The van der Waals surface area contributed by atoms with Crippen molar-refractivity contribution >= 4 is 23.9 Å². The largest absolute Gasteiger partial charge is 0.481 e. The summed E-state index contributed by atoms with van der Waals surface area (Å²) in [5.41, 5.74) is 0. The van der Waals surface area contributed by atoms with E-state index in [0.29, 0.717) is 0 Å².